The molecule has 1 aromatic heterocycles. The van der Waals surface area contributed by atoms with Crippen molar-refractivity contribution >= 4 is 11.8 Å². The molecule has 6 nitrogen and oxygen atoms in total. The molecule has 22 heavy (non-hydrogen) atoms. The number of anilines is 2. The van der Waals surface area contributed by atoms with E-state index in [0.717, 1.165) is 30.8 Å². The Kier molecular flexibility index (Phi) is 4.92. The molecular formula is C16H20N6. The number of hydrogen-bond donors (Lipinski definition) is 2. The fourth-order valence-corrected chi connectivity index (χ4v) is 2.34. The fraction of sp³-hybridized carbons (Fsp3) is 0.312. The van der Waals surface area contributed by atoms with E-state index >= 15 is 0 Å². The topological polar surface area (TPSA) is 105 Å². The molecule has 0 amide bonds. The van der Waals surface area contributed by atoms with Gasteiger partial charge in [0.1, 0.15) is 17.5 Å². The Labute approximate surface area is 130 Å². The number of aromatic nitrogens is 2. The van der Waals surface area contributed by atoms with Crippen LogP contribution in [0.1, 0.15) is 25.0 Å². The van der Waals surface area contributed by atoms with Crippen LogP contribution in [-0.2, 0) is 6.54 Å². The van der Waals surface area contributed by atoms with E-state index in [-0.39, 0.29) is 17.3 Å². The number of nitriles is 1. The summed E-state index contributed by atoms with van der Waals surface area (Å²) < 4.78 is 0. The third kappa shape index (κ3) is 3.32. The first kappa shape index (κ1) is 15.7. The van der Waals surface area contributed by atoms with Crippen molar-refractivity contribution < 1.29 is 0 Å². The van der Waals surface area contributed by atoms with Crippen molar-refractivity contribution in [3.63, 3.8) is 0 Å². The largest absolute Gasteiger partial charge is 0.382 e. The van der Waals surface area contributed by atoms with Crippen LogP contribution in [0.5, 0.6) is 0 Å². The maximum absolute atomic E-state index is 9.28. The molecule has 0 bridgehead atoms. The normalized spacial score (nSPS) is 10.6. The van der Waals surface area contributed by atoms with Crippen LogP contribution in [0.4, 0.5) is 11.8 Å². The molecule has 6 heteroatoms. The Bertz CT molecular complexity index is 700. The maximum atomic E-state index is 9.28. The van der Waals surface area contributed by atoms with Gasteiger partial charge in [0.2, 0.25) is 5.95 Å². The van der Waals surface area contributed by atoms with Gasteiger partial charge >= 0.3 is 0 Å². The zero-order valence-electron chi connectivity index (χ0n) is 12.9. The molecule has 0 atom stereocenters. The number of benzene rings is 1. The summed E-state index contributed by atoms with van der Waals surface area (Å²) in [5.41, 5.74) is 14.1. The third-order valence-corrected chi connectivity index (χ3v) is 3.57. The maximum Gasteiger partial charge on any atom is 0.222 e. The van der Waals surface area contributed by atoms with E-state index in [1.165, 1.54) is 0 Å². The number of nitrogen functional groups attached to an aromatic ring is 2. The monoisotopic (exact) mass is 296 g/mol. The van der Waals surface area contributed by atoms with E-state index in [1.54, 1.807) is 0 Å². The van der Waals surface area contributed by atoms with Crippen molar-refractivity contribution in [2.45, 2.75) is 20.4 Å². The molecule has 1 heterocycles. The van der Waals surface area contributed by atoms with E-state index in [4.69, 9.17) is 11.5 Å². The Morgan fingerprint density at radius 2 is 1.91 bits per heavy atom. The predicted octanol–water partition coefficient (Wildman–Crippen LogP) is 2.02. The summed E-state index contributed by atoms with van der Waals surface area (Å²) in [7, 11) is 0. The van der Waals surface area contributed by atoms with Crippen molar-refractivity contribution in [2.24, 2.45) is 0 Å². The van der Waals surface area contributed by atoms with Crippen LogP contribution in [-0.4, -0.2) is 28.0 Å². The van der Waals surface area contributed by atoms with Gasteiger partial charge in [-0.1, -0.05) is 32.0 Å². The number of nitrogens with two attached hydrogens (primary N) is 2. The van der Waals surface area contributed by atoms with E-state index in [2.05, 4.69) is 40.9 Å². The standard InChI is InChI=1S/C16H20N6/c1-3-22(4-2)10-11-6-5-7-12(8-11)14-13(9-17)15(18)21-16(19)20-14/h5-8H,3-4,10H2,1-2H3,(H4,18,19,20,21). The van der Waals surface area contributed by atoms with Crippen LogP contribution in [0.15, 0.2) is 24.3 Å². The van der Waals surface area contributed by atoms with Gasteiger partial charge in [-0.15, -0.1) is 0 Å². The minimum Gasteiger partial charge on any atom is -0.382 e. The number of nitrogens with zero attached hydrogens (tertiary/aromatic N) is 4. The molecule has 0 radical (unpaired) electrons. The number of hydrogen-bond acceptors (Lipinski definition) is 6. The van der Waals surface area contributed by atoms with Crippen LogP contribution in [0.25, 0.3) is 11.3 Å². The lowest BCUT2D eigenvalue weighted by Gasteiger charge is -2.18. The second kappa shape index (κ2) is 6.87. The third-order valence-electron chi connectivity index (χ3n) is 3.57. The Hall–Kier alpha value is -2.65. The van der Waals surface area contributed by atoms with Crippen LogP contribution in [0.3, 0.4) is 0 Å². The van der Waals surface area contributed by atoms with Crippen LogP contribution < -0.4 is 11.5 Å². The van der Waals surface area contributed by atoms with Gasteiger partial charge in [-0.2, -0.15) is 10.2 Å². The minimum atomic E-state index is 0.0700. The minimum absolute atomic E-state index is 0.0700. The molecule has 0 aliphatic heterocycles. The van der Waals surface area contributed by atoms with Gasteiger partial charge in [0.15, 0.2) is 0 Å². The van der Waals surface area contributed by atoms with E-state index in [0.29, 0.717) is 5.69 Å². The van der Waals surface area contributed by atoms with Crippen molar-refractivity contribution in [3.05, 3.63) is 35.4 Å². The van der Waals surface area contributed by atoms with Gasteiger partial charge in [0, 0.05) is 12.1 Å². The summed E-state index contributed by atoms with van der Waals surface area (Å²) >= 11 is 0. The lowest BCUT2D eigenvalue weighted by atomic mass is 10.0. The van der Waals surface area contributed by atoms with Gasteiger partial charge in [-0.05, 0) is 24.7 Å². The molecule has 4 N–H and O–H groups in total. The first-order valence-corrected chi connectivity index (χ1v) is 7.23. The molecule has 0 saturated carbocycles. The van der Waals surface area contributed by atoms with Crippen molar-refractivity contribution in [2.75, 3.05) is 24.6 Å². The number of rotatable bonds is 5. The molecule has 2 rings (SSSR count). The van der Waals surface area contributed by atoms with E-state index in [9.17, 15) is 5.26 Å². The Balaban J connectivity index is 2.44. The molecule has 1 aromatic carbocycles. The molecule has 0 unspecified atom stereocenters. The van der Waals surface area contributed by atoms with Gasteiger partial charge < -0.3 is 11.5 Å². The van der Waals surface area contributed by atoms with Gasteiger partial charge in [0.05, 0.1) is 5.69 Å². The quantitative estimate of drug-likeness (QED) is 0.874. The summed E-state index contributed by atoms with van der Waals surface area (Å²) in [4.78, 5) is 10.3. The summed E-state index contributed by atoms with van der Waals surface area (Å²) in [6, 6.07) is 9.97. The Morgan fingerprint density at radius 1 is 1.18 bits per heavy atom. The highest BCUT2D eigenvalue weighted by Gasteiger charge is 2.13. The van der Waals surface area contributed by atoms with Crippen molar-refractivity contribution in [1.82, 2.24) is 14.9 Å². The SMILES string of the molecule is CCN(CC)Cc1cccc(-c2nc(N)nc(N)c2C#N)c1. The van der Waals surface area contributed by atoms with E-state index in [1.807, 2.05) is 18.2 Å². The summed E-state index contributed by atoms with van der Waals surface area (Å²) in [5, 5.41) is 9.28. The molecule has 0 aliphatic rings. The summed E-state index contributed by atoms with van der Waals surface area (Å²) in [5.74, 6) is 0.180. The van der Waals surface area contributed by atoms with E-state index < -0.39 is 0 Å². The predicted molar refractivity (Wildman–Crippen MR) is 87.6 cm³/mol. The molecule has 2 aromatic rings. The average Bonchev–Trinajstić information content (AvgIpc) is 2.52. The molecule has 0 fully saturated rings. The first-order valence-electron chi connectivity index (χ1n) is 7.23. The molecule has 0 saturated heterocycles. The van der Waals surface area contributed by atoms with Crippen LogP contribution >= 0.6 is 0 Å². The highest BCUT2D eigenvalue weighted by atomic mass is 15.1. The van der Waals surface area contributed by atoms with Crippen molar-refractivity contribution in [3.8, 4) is 17.3 Å². The molecule has 114 valence electrons. The molecular weight excluding hydrogens is 276 g/mol. The lowest BCUT2D eigenvalue weighted by molar-refractivity contribution is 0.296. The average molecular weight is 296 g/mol. The highest BCUT2D eigenvalue weighted by molar-refractivity contribution is 5.73. The van der Waals surface area contributed by atoms with Gasteiger partial charge in [-0.3, -0.25) is 4.90 Å². The first-order chi connectivity index (χ1) is 10.6. The molecule has 0 spiro atoms. The second-order valence-electron chi connectivity index (χ2n) is 4.96. The molecule has 0 aliphatic carbocycles. The zero-order valence-corrected chi connectivity index (χ0v) is 12.9. The Morgan fingerprint density at radius 3 is 2.55 bits per heavy atom. The summed E-state index contributed by atoms with van der Waals surface area (Å²) in [6.45, 7) is 7.08. The van der Waals surface area contributed by atoms with Gasteiger partial charge in [-0.25, -0.2) is 4.98 Å². The zero-order chi connectivity index (χ0) is 16.1. The second-order valence-corrected chi connectivity index (χ2v) is 4.96. The highest BCUT2D eigenvalue weighted by Crippen LogP contribution is 2.26. The smallest absolute Gasteiger partial charge is 0.222 e. The lowest BCUT2D eigenvalue weighted by Crippen LogP contribution is -2.22. The van der Waals surface area contributed by atoms with Crippen molar-refractivity contribution in [1.29, 1.82) is 5.26 Å². The van der Waals surface area contributed by atoms with Crippen LogP contribution in [0.2, 0.25) is 0 Å². The van der Waals surface area contributed by atoms with Gasteiger partial charge in [0.25, 0.3) is 0 Å². The van der Waals surface area contributed by atoms with Crippen LogP contribution in [0, 0.1) is 11.3 Å². The summed E-state index contributed by atoms with van der Waals surface area (Å²) in [6.07, 6.45) is 0. The fourth-order valence-electron chi connectivity index (χ4n) is 2.34.